The molecule has 3 aromatic carbocycles. The number of rotatable bonds is 7. The van der Waals surface area contributed by atoms with Gasteiger partial charge in [-0.1, -0.05) is 42.1 Å². The van der Waals surface area contributed by atoms with Gasteiger partial charge in [0, 0.05) is 23.4 Å². The van der Waals surface area contributed by atoms with Crippen LogP contribution in [0.15, 0.2) is 89.6 Å². The van der Waals surface area contributed by atoms with E-state index in [4.69, 9.17) is 0 Å². The fourth-order valence-corrected chi connectivity index (χ4v) is 4.32. The van der Waals surface area contributed by atoms with Crippen LogP contribution in [-0.2, 0) is 9.59 Å². The molecule has 1 aliphatic rings. The summed E-state index contributed by atoms with van der Waals surface area (Å²) in [6, 6.07) is 21.7. The molecule has 0 radical (unpaired) electrons. The molecule has 0 aliphatic carbocycles. The zero-order valence-corrected chi connectivity index (χ0v) is 19.7. The third-order valence-electron chi connectivity index (χ3n) is 5.15. The number of hydrogen-bond donors (Lipinski definition) is 1. The van der Waals surface area contributed by atoms with Crippen LogP contribution in [0.25, 0.3) is 6.08 Å². The van der Waals surface area contributed by atoms with Crippen LogP contribution in [0, 0.1) is 5.82 Å². The number of amides is 2. The highest BCUT2D eigenvalue weighted by Gasteiger charge is 2.32. The summed E-state index contributed by atoms with van der Waals surface area (Å²) in [5, 5.41) is 3.21. The van der Waals surface area contributed by atoms with Gasteiger partial charge < -0.3 is 5.32 Å². The maximum Gasteiger partial charge on any atom is 0.283 e. The van der Waals surface area contributed by atoms with Crippen molar-refractivity contribution in [2.75, 3.05) is 16.0 Å². The van der Waals surface area contributed by atoms with Gasteiger partial charge in [0.1, 0.15) is 11.5 Å². The van der Waals surface area contributed by atoms with Gasteiger partial charge >= 0.3 is 0 Å². The Labute approximate surface area is 206 Å². The monoisotopic (exact) mass is 487 g/mol. The minimum Gasteiger partial charge on any atom is -0.326 e. The van der Waals surface area contributed by atoms with E-state index in [1.165, 1.54) is 47.9 Å². The van der Waals surface area contributed by atoms with Gasteiger partial charge in [0.25, 0.3) is 5.91 Å². The third-order valence-corrected chi connectivity index (χ3v) is 6.09. The quantitative estimate of drug-likeness (QED) is 0.351. The number of ketones is 1. The molecule has 0 saturated carbocycles. The average Bonchev–Trinajstić information content (AvgIpc) is 3.15. The van der Waals surface area contributed by atoms with E-state index in [0.29, 0.717) is 27.9 Å². The van der Waals surface area contributed by atoms with Gasteiger partial charge in [0.05, 0.1) is 5.69 Å². The fraction of sp³-hybridized carbons (Fsp3) is 0.111. The molecule has 0 saturated heterocycles. The van der Waals surface area contributed by atoms with Crippen molar-refractivity contribution in [3.05, 3.63) is 102 Å². The molecule has 2 amide bonds. The summed E-state index contributed by atoms with van der Waals surface area (Å²) in [5.41, 5.74) is 2.76. The smallest absolute Gasteiger partial charge is 0.283 e. The molecule has 0 aromatic heterocycles. The second-order valence-electron chi connectivity index (χ2n) is 7.73. The van der Waals surface area contributed by atoms with Crippen molar-refractivity contribution >= 4 is 52.0 Å². The molecule has 35 heavy (non-hydrogen) atoms. The molecule has 4 rings (SSSR count). The number of hydrogen-bond acceptors (Lipinski definition) is 5. The van der Waals surface area contributed by atoms with Crippen molar-refractivity contribution in [3.8, 4) is 0 Å². The Hall–Kier alpha value is -4.04. The first-order valence-electron chi connectivity index (χ1n) is 10.9. The highest BCUT2D eigenvalue weighted by molar-refractivity contribution is 8.14. The number of nitrogens with zero attached hydrogens (tertiary/aromatic N) is 2. The number of carbonyl (C=O) groups is 3. The Kier molecular flexibility index (Phi) is 7.52. The van der Waals surface area contributed by atoms with E-state index in [1.54, 1.807) is 30.3 Å². The molecule has 0 fully saturated rings. The Morgan fingerprint density at radius 3 is 2.34 bits per heavy atom. The van der Waals surface area contributed by atoms with Gasteiger partial charge in [-0.3, -0.25) is 19.3 Å². The number of amidine groups is 1. The van der Waals surface area contributed by atoms with Crippen LogP contribution >= 0.6 is 11.8 Å². The van der Waals surface area contributed by atoms with Crippen molar-refractivity contribution in [1.29, 1.82) is 0 Å². The number of thioether (sulfide) groups is 1. The fourth-order valence-electron chi connectivity index (χ4n) is 3.36. The molecule has 0 unspecified atom stereocenters. The zero-order chi connectivity index (χ0) is 24.8. The average molecular weight is 488 g/mol. The molecule has 0 spiro atoms. The Morgan fingerprint density at radius 1 is 1.00 bits per heavy atom. The van der Waals surface area contributed by atoms with Crippen molar-refractivity contribution in [2.45, 2.75) is 13.3 Å². The van der Waals surface area contributed by atoms with Crippen LogP contribution in [0.1, 0.15) is 29.3 Å². The highest BCUT2D eigenvalue weighted by Crippen LogP contribution is 2.30. The molecule has 1 heterocycles. The number of benzene rings is 3. The van der Waals surface area contributed by atoms with Crippen LogP contribution in [0.3, 0.4) is 0 Å². The van der Waals surface area contributed by atoms with E-state index in [-0.39, 0.29) is 29.7 Å². The number of Topliss-reactive ketones (excluding diaryl/α,β-unsaturated/α-hetero) is 1. The van der Waals surface area contributed by atoms with Crippen LogP contribution in [0.4, 0.5) is 15.8 Å². The van der Waals surface area contributed by atoms with Gasteiger partial charge in [-0.2, -0.15) is 0 Å². The topological polar surface area (TPSA) is 78.8 Å². The molecule has 1 N–H and O–H groups in total. The summed E-state index contributed by atoms with van der Waals surface area (Å²) in [5.74, 6) is -0.596. The van der Waals surface area contributed by atoms with Gasteiger partial charge in [-0.05, 0) is 67.1 Å². The second kappa shape index (κ2) is 10.9. The Balaban J connectivity index is 1.45. The lowest BCUT2D eigenvalue weighted by molar-refractivity contribution is -0.116. The summed E-state index contributed by atoms with van der Waals surface area (Å²) in [6.45, 7) is 1.48. The molecular weight excluding hydrogens is 465 g/mol. The van der Waals surface area contributed by atoms with Crippen molar-refractivity contribution in [2.24, 2.45) is 4.99 Å². The summed E-state index contributed by atoms with van der Waals surface area (Å²) < 4.78 is 13.5. The lowest BCUT2D eigenvalue weighted by atomic mass is 10.1. The zero-order valence-electron chi connectivity index (χ0n) is 18.9. The predicted octanol–water partition coefficient (Wildman–Crippen LogP) is 5.53. The summed E-state index contributed by atoms with van der Waals surface area (Å²) in [6.07, 6.45) is 1.88. The standard InChI is InChI=1S/C27H22FN3O3S/c1-18(32)20-7-11-22(12-8-20)29-25(33)15-16-35-27-30-24(17-19-5-3-2-4-6-19)26(34)31(27)23-13-9-21(28)10-14-23/h2-14,17H,15-16H2,1H3,(H,29,33). The van der Waals surface area contributed by atoms with E-state index in [9.17, 15) is 18.8 Å². The number of halogens is 1. The minimum atomic E-state index is -0.403. The van der Waals surface area contributed by atoms with Crippen molar-refractivity contribution in [1.82, 2.24) is 0 Å². The molecule has 1 aliphatic heterocycles. The number of nitrogens with one attached hydrogen (secondary N) is 1. The number of aliphatic imine (C=N–C) groups is 1. The second-order valence-corrected chi connectivity index (χ2v) is 8.79. The van der Waals surface area contributed by atoms with Gasteiger partial charge in [0.2, 0.25) is 5.91 Å². The Morgan fingerprint density at radius 2 is 1.69 bits per heavy atom. The largest absolute Gasteiger partial charge is 0.326 e. The van der Waals surface area contributed by atoms with Gasteiger partial charge in [-0.15, -0.1) is 0 Å². The van der Waals surface area contributed by atoms with Gasteiger partial charge in [-0.25, -0.2) is 9.38 Å². The molecule has 0 atom stereocenters. The molecule has 176 valence electrons. The van der Waals surface area contributed by atoms with E-state index in [1.807, 2.05) is 30.3 Å². The molecule has 3 aromatic rings. The Bertz CT molecular complexity index is 1300. The first-order chi connectivity index (χ1) is 16.9. The maximum absolute atomic E-state index is 13.5. The first-order valence-corrected chi connectivity index (χ1v) is 11.9. The normalized spacial score (nSPS) is 14.2. The minimum absolute atomic E-state index is 0.0439. The number of carbonyl (C=O) groups excluding carboxylic acids is 3. The van der Waals surface area contributed by atoms with E-state index in [2.05, 4.69) is 10.3 Å². The third kappa shape index (κ3) is 6.10. The van der Waals surface area contributed by atoms with Gasteiger partial charge in [0.15, 0.2) is 11.0 Å². The van der Waals surface area contributed by atoms with E-state index < -0.39 is 5.82 Å². The van der Waals surface area contributed by atoms with Crippen LogP contribution in [0.2, 0.25) is 0 Å². The summed E-state index contributed by atoms with van der Waals surface area (Å²) >= 11 is 1.27. The van der Waals surface area contributed by atoms with Crippen molar-refractivity contribution in [3.63, 3.8) is 0 Å². The molecular formula is C27H22FN3O3S. The lowest BCUT2D eigenvalue weighted by Crippen LogP contribution is -2.30. The highest BCUT2D eigenvalue weighted by atomic mass is 32.2. The van der Waals surface area contributed by atoms with Crippen LogP contribution in [-0.4, -0.2) is 28.5 Å². The predicted molar refractivity (Wildman–Crippen MR) is 138 cm³/mol. The van der Waals surface area contributed by atoms with Crippen LogP contribution in [0.5, 0.6) is 0 Å². The lowest BCUT2D eigenvalue weighted by Gasteiger charge is -2.17. The number of anilines is 2. The van der Waals surface area contributed by atoms with E-state index >= 15 is 0 Å². The first kappa shape index (κ1) is 24.1. The molecule has 0 bridgehead atoms. The maximum atomic E-state index is 13.5. The van der Waals surface area contributed by atoms with Crippen LogP contribution < -0.4 is 10.2 Å². The summed E-state index contributed by atoms with van der Waals surface area (Å²) in [7, 11) is 0. The summed E-state index contributed by atoms with van der Waals surface area (Å²) in [4.78, 5) is 42.9. The van der Waals surface area contributed by atoms with Crippen molar-refractivity contribution < 1.29 is 18.8 Å². The SMILES string of the molecule is CC(=O)c1ccc(NC(=O)CCSC2=NC(=Cc3ccccc3)C(=O)N2c2ccc(F)cc2)cc1. The molecule has 6 nitrogen and oxygen atoms in total. The van der Waals surface area contributed by atoms with E-state index in [0.717, 1.165) is 5.56 Å². The molecule has 8 heteroatoms.